The monoisotopic (exact) mass is 346 g/mol. The van der Waals surface area contributed by atoms with E-state index >= 15 is 0 Å². The van der Waals surface area contributed by atoms with Gasteiger partial charge in [0.1, 0.15) is 22.8 Å². The Morgan fingerprint density at radius 3 is 2.60 bits per heavy atom. The molecule has 0 aliphatic carbocycles. The number of hydrogen-bond acceptors (Lipinski definition) is 5. The second kappa shape index (κ2) is 6.78. The molecule has 132 valence electrons. The average Bonchev–Trinajstić information content (AvgIpc) is 2.62. The largest absolute Gasteiger partial charge is 0.478 e. The van der Waals surface area contributed by atoms with Crippen molar-refractivity contribution in [2.75, 3.05) is 24.6 Å². The predicted octanol–water partition coefficient (Wildman–Crippen LogP) is 1.91. The summed E-state index contributed by atoms with van der Waals surface area (Å²) in [6.45, 7) is 0.232. The fraction of sp³-hybridized carbons (Fsp3) is 0.333. The zero-order valence-corrected chi connectivity index (χ0v) is 13.5. The number of β-amino-alcohol motifs (C(OH)–C–C–N with tert-alkyl or cyclic N) is 1. The van der Waals surface area contributed by atoms with Crippen LogP contribution in [0.15, 0.2) is 36.4 Å². The van der Waals surface area contributed by atoms with E-state index in [-0.39, 0.29) is 23.7 Å². The summed E-state index contributed by atoms with van der Waals surface area (Å²) in [7, 11) is 0. The number of aliphatic hydroxyl groups excluding tert-OH is 1. The lowest BCUT2D eigenvalue weighted by Gasteiger charge is -2.39. The highest BCUT2D eigenvalue weighted by molar-refractivity contribution is 5.94. The first-order chi connectivity index (χ1) is 11.9. The van der Waals surface area contributed by atoms with Crippen molar-refractivity contribution in [3.05, 3.63) is 47.8 Å². The fourth-order valence-corrected chi connectivity index (χ4v) is 3.06. The van der Waals surface area contributed by atoms with E-state index in [1.54, 1.807) is 23.1 Å². The summed E-state index contributed by atoms with van der Waals surface area (Å²) >= 11 is 0. The maximum Gasteiger partial charge on any atom is 0.339 e. The Kier molecular flexibility index (Phi) is 4.69. The summed E-state index contributed by atoms with van der Waals surface area (Å²) in [4.78, 5) is 17.7. The van der Waals surface area contributed by atoms with Gasteiger partial charge in [0.2, 0.25) is 0 Å². The van der Waals surface area contributed by atoms with Crippen molar-refractivity contribution in [1.82, 2.24) is 4.98 Å². The van der Waals surface area contributed by atoms with Crippen LogP contribution in [0.5, 0.6) is 0 Å². The molecule has 7 heteroatoms. The van der Waals surface area contributed by atoms with Crippen LogP contribution in [0.2, 0.25) is 0 Å². The number of carboxylic acid groups (broad SMARTS) is 1. The molecule has 1 atom stereocenters. The summed E-state index contributed by atoms with van der Waals surface area (Å²) in [5, 5.41) is 29.2. The molecule has 2 aromatic rings. The Hall–Kier alpha value is -2.51. The molecule has 0 spiro atoms. The lowest BCUT2D eigenvalue weighted by molar-refractivity contribution is -0.0243. The normalized spacial score (nSPS) is 20.5. The summed E-state index contributed by atoms with van der Waals surface area (Å²) in [6, 6.07) is 8.79. The molecule has 1 saturated heterocycles. The first kappa shape index (κ1) is 17.3. The number of rotatable bonds is 4. The van der Waals surface area contributed by atoms with Crippen LogP contribution in [0, 0.1) is 5.82 Å². The molecule has 1 aromatic heterocycles. The Morgan fingerprint density at radius 1 is 1.24 bits per heavy atom. The van der Waals surface area contributed by atoms with Crippen molar-refractivity contribution in [1.29, 1.82) is 0 Å². The number of pyridine rings is 1. The number of aliphatic hydroxyl groups is 2. The zero-order valence-electron chi connectivity index (χ0n) is 13.5. The van der Waals surface area contributed by atoms with Gasteiger partial charge in [-0.25, -0.2) is 14.2 Å². The van der Waals surface area contributed by atoms with Gasteiger partial charge >= 0.3 is 5.97 Å². The standard InChI is InChI=1S/C18H19FN2O4/c19-13-4-2-12(3-5-13)15-7-6-14(17(23)24)16(20-15)21-9-1-8-18(25,10-21)11-22/h2-7,22,25H,1,8-11H2,(H,23,24)/t18-/m0/s1. The lowest BCUT2D eigenvalue weighted by Crippen LogP contribution is -2.51. The van der Waals surface area contributed by atoms with Gasteiger partial charge in [0.15, 0.2) is 0 Å². The van der Waals surface area contributed by atoms with E-state index in [9.17, 15) is 24.5 Å². The average molecular weight is 346 g/mol. The number of carbonyl (C=O) groups is 1. The van der Waals surface area contributed by atoms with Crippen molar-refractivity contribution in [3.63, 3.8) is 0 Å². The minimum atomic E-state index is -1.28. The molecule has 3 rings (SSSR count). The third-order valence-corrected chi connectivity index (χ3v) is 4.39. The van der Waals surface area contributed by atoms with E-state index in [0.717, 1.165) is 0 Å². The van der Waals surface area contributed by atoms with Crippen molar-refractivity contribution >= 4 is 11.8 Å². The van der Waals surface area contributed by atoms with Gasteiger partial charge in [0.05, 0.1) is 18.8 Å². The maximum atomic E-state index is 13.1. The van der Waals surface area contributed by atoms with Gasteiger partial charge in [-0.2, -0.15) is 0 Å². The number of hydrogen-bond donors (Lipinski definition) is 3. The van der Waals surface area contributed by atoms with Crippen LogP contribution in [0.25, 0.3) is 11.3 Å². The molecule has 25 heavy (non-hydrogen) atoms. The Bertz CT molecular complexity index is 781. The van der Waals surface area contributed by atoms with Gasteiger partial charge in [-0.05, 0) is 49.2 Å². The van der Waals surface area contributed by atoms with Crippen LogP contribution in [-0.2, 0) is 0 Å². The molecule has 0 saturated carbocycles. The van der Waals surface area contributed by atoms with Crippen LogP contribution < -0.4 is 4.90 Å². The second-order valence-electron chi connectivity index (χ2n) is 6.29. The predicted molar refractivity (Wildman–Crippen MR) is 90.1 cm³/mol. The van der Waals surface area contributed by atoms with E-state index in [0.29, 0.717) is 30.6 Å². The molecule has 1 aromatic carbocycles. The molecule has 3 N–H and O–H groups in total. The number of carboxylic acids is 1. The molecule has 2 heterocycles. The highest BCUT2D eigenvalue weighted by atomic mass is 19.1. The first-order valence-corrected chi connectivity index (χ1v) is 8.00. The highest BCUT2D eigenvalue weighted by Gasteiger charge is 2.34. The van der Waals surface area contributed by atoms with Gasteiger partial charge in [0.25, 0.3) is 0 Å². The SMILES string of the molecule is O=C(O)c1ccc(-c2ccc(F)cc2)nc1N1CCC[C@@](O)(CO)C1. The minimum absolute atomic E-state index is 0.0213. The van der Waals surface area contributed by atoms with Crippen molar-refractivity contribution in [2.45, 2.75) is 18.4 Å². The Labute approximate surface area is 144 Å². The van der Waals surface area contributed by atoms with Gasteiger partial charge in [-0.1, -0.05) is 0 Å². The molecule has 0 bridgehead atoms. The number of aromatic nitrogens is 1. The smallest absolute Gasteiger partial charge is 0.339 e. The molecule has 6 nitrogen and oxygen atoms in total. The van der Waals surface area contributed by atoms with E-state index in [4.69, 9.17) is 0 Å². The summed E-state index contributed by atoms with van der Waals surface area (Å²) in [5.74, 6) is -1.25. The minimum Gasteiger partial charge on any atom is -0.478 e. The molecule has 1 aliphatic rings. The number of anilines is 1. The van der Waals surface area contributed by atoms with Crippen LogP contribution in [0.4, 0.5) is 10.2 Å². The summed E-state index contributed by atoms with van der Waals surface area (Å²) in [5.41, 5.74) is -0.0816. The molecule has 0 radical (unpaired) electrons. The number of nitrogens with zero attached hydrogens (tertiary/aromatic N) is 2. The lowest BCUT2D eigenvalue weighted by atomic mass is 9.93. The molecular weight excluding hydrogens is 327 g/mol. The fourth-order valence-electron chi connectivity index (χ4n) is 3.06. The second-order valence-corrected chi connectivity index (χ2v) is 6.29. The van der Waals surface area contributed by atoms with Gasteiger partial charge in [0, 0.05) is 12.1 Å². The van der Waals surface area contributed by atoms with Crippen LogP contribution in [-0.4, -0.2) is 51.6 Å². The van der Waals surface area contributed by atoms with Crippen LogP contribution >= 0.6 is 0 Å². The number of benzene rings is 1. The van der Waals surface area contributed by atoms with E-state index in [1.807, 2.05) is 0 Å². The van der Waals surface area contributed by atoms with Crippen molar-refractivity contribution in [2.24, 2.45) is 0 Å². The molecule has 0 unspecified atom stereocenters. The third-order valence-electron chi connectivity index (χ3n) is 4.39. The van der Waals surface area contributed by atoms with Crippen LogP contribution in [0.3, 0.4) is 0 Å². The Morgan fingerprint density at radius 2 is 1.96 bits per heavy atom. The highest BCUT2D eigenvalue weighted by Crippen LogP contribution is 2.29. The molecular formula is C18H19FN2O4. The number of aromatic carboxylic acids is 1. The first-order valence-electron chi connectivity index (χ1n) is 8.00. The summed E-state index contributed by atoms with van der Waals surface area (Å²) < 4.78 is 13.1. The third kappa shape index (κ3) is 3.62. The van der Waals surface area contributed by atoms with Gasteiger partial charge in [-0.3, -0.25) is 0 Å². The Balaban J connectivity index is 2.02. The molecule has 0 amide bonds. The van der Waals surface area contributed by atoms with E-state index in [1.165, 1.54) is 18.2 Å². The van der Waals surface area contributed by atoms with Gasteiger partial charge < -0.3 is 20.2 Å². The maximum absolute atomic E-state index is 13.1. The number of piperidine rings is 1. The van der Waals surface area contributed by atoms with Gasteiger partial charge in [-0.15, -0.1) is 0 Å². The van der Waals surface area contributed by atoms with Crippen molar-refractivity contribution < 1.29 is 24.5 Å². The van der Waals surface area contributed by atoms with E-state index in [2.05, 4.69) is 4.98 Å². The van der Waals surface area contributed by atoms with Crippen molar-refractivity contribution in [3.8, 4) is 11.3 Å². The zero-order chi connectivity index (χ0) is 18.0. The molecule has 1 fully saturated rings. The quantitative estimate of drug-likeness (QED) is 0.783. The summed E-state index contributed by atoms with van der Waals surface area (Å²) in [6.07, 6.45) is 1.05. The van der Waals surface area contributed by atoms with Crippen LogP contribution in [0.1, 0.15) is 23.2 Å². The topological polar surface area (TPSA) is 93.9 Å². The number of halogens is 1. The van der Waals surface area contributed by atoms with E-state index < -0.39 is 18.2 Å². The molecule has 1 aliphatic heterocycles.